The van der Waals surface area contributed by atoms with Gasteiger partial charge in [-0.15, -0.1) is 11.8 Å². The Morgan fingerprint density at radius 3 is 2.64 bits per heavy atom. The maximum absolute atomic E-state index is 12.5. The third-order valence-corrected chi connectivity index (χ3v) is 6.48. The van der Waals surface area contributed by atoms with E-state index in [-0.39, 0.29) is 11.7 Å². The maximum atomic E-state index is 12.5. The van der Waals surface area contributed by atoms with Gasteiger partial charge >= 0.3 is 0 Å². The Hall–Kier alpha value is -1.96. The second-order valence-corrected chi connectivity index (χ2v) is 8.74. The van der Waals surface area contributed by atoms with Gasteiger partial charge in [0, 0.05) is 28.6 Å². The summed E-state index contributed by atoms with van der Waals surface area (Å²) in [5.41, 5.74) is 1.02. The van der Waals surface area contributed by atoms with Crippen molar-refractivity contribution in [3.05, 3.63) is 46.2 Å². The first kappa shape index (κ1) is 19.4. The van der Waals surface area contributed by atoms with E-state index in [4.69, 9.17) is 21.1 Å². The highest BCUT2D eigenvalue weighted by Gasteiger charge is 2.16. The molecular formula is C20H19ClN2O3S2. The molecule has 2 heterocycles. The molecule has 28 heavy (non-hydrogen) atoms. The lowest BCUT2D eigenvalue weighted by Crippen LogP contribution is -2.18. The summed E-state index contributed by atoms with van der Waals surface area (Å²) in [7, 11) is 0. The lowest BCUT2D eigenvalue weighted by atomic mass is 10.2. The minimum atomic E-state index is -0.159. The highest BCUT2D eigenvalue weighted by atomic mass is 35.5. The minimum absolute atomic E-state index is 0.159. The number of hydrogen-bond acceptors (Lipinski definition) is 5. The van der Waals surface area contributed by atoms with Gasteiger partial charge < -0.3 is 14.0 Å². The summed E-state index contributed by atoms with van der Waals surface area (Å²) in [6.07, 6.45) is 0.946. The molecule has 0 fully saturated rings. The van der Waals surface area contributed by atoms with Crippen LogP contribution in [-0.2, 0) is 11.3 Å². The summed E-state index contributed by atoms with van der Waals surface area (Å²) in [6.45, 7) is 4.00. The van der Waals surface area contributed by atoms with Crippen molar-refractivity contribution in [3.63, 3.8) is 0 Å². The molecule has 0 atom stereocenters. The van der Waals surface area contributed by atoms with Crippen molar-refractivity contribution in [1.82, 2.24) is 4.57 Å². The number of rotatable bonds is 5. The fourth-order valence-electron chi connectivity index (χ4n) is 2.95. The first-order valence-electron chi connectivity index (χ1n) is 9.03. The van der Waals surface area contributed by atoms with E-state index in [1.165, 1.54) is 23.1 Å². The number of nitrogens with zero attached hydrogens (tertiary/aromatic N) is 2. The van der Waals surface area contributed by atoms with E-state index in [1.54, 1.807) is 0 Å². The van der Waals surface area contributed by atoms with Gasteiger partial charge in [-0.05, 0) is 30.7 Å². The second kappa shape index (κ2) is 8.59. The third-order valence-electron chi connectivity index (χ3n) is 4.19. The molecule has 1 aliphatic rings. The van der Waals surface area contributed by atoms with Crippen LogP contribution in [0.15, 0.2) is 46.3 Å². The number of thioether (sulfide) groups is 1. The molecule has 0 aliphatic carbocycles. The molecule has 0 saturated heterocycles. The van der Waals surface area contributed by atoms with Crippen LogP contribution in [0, 0.1) is 0 Å². The molecule has 1 amide bonds. The summed E-state index contributed by atoms with van der Waals surface area (Å²) < 4.78 is 14.5. The van der Waals surface area contributed by atoms with Gasteiger partial charge in [-0.25, -0.2) is 0 Å². The molecule has 1 aliphatic heterocycles. The van der Waals surface area contributed by atoms with E-state index in [1.807, 2.05) is 36.4 Å². The molecule has 2 aromatic carbocycles. The van der Waals surface area contributed by atoms with Crippen molar-refractivity contribution in [1.29, 1.82) is 0 Å². The number of hydrogen-bond donors (Lipinski definition) is 0. The topological polar surface area (TPSA) is 52.8 Å². The third kappa shape index (κ3) is 4.21. The molecule has 3 aromatic rings. The van der Waals surface area contributed by atoms with Gasteiger partial charge in [-0.3, -0.25) is 4.79 Å². The summed E-state index contributed by atoms with van der Waals surface area (Å²) in [5, 5.41) is 0.682. The standard InChI is InChI=1S/C20H19ClN2O3S2/c1-2-7-23-15-10-16-17(26-9-8-25-16)11-18(15)28-20(23)22-19(24)12-27-14-5-3-13(21)4-6-14/h3-6,10-11H,2,7-9,12H2,1H3. The normalized spacial score (nSPS) is 13.9. The van der Waals surface area contributed by atoms with Crippen LogP contribution in [-0.4, -0.2) is 29.4 Å². The summed E-state index contributed by atoms with van der Waals surface area (Å²) in [5.74, 6) is 1.62. The number of benzene rings is 2. The predicted molar refractivity (Wildman–Crippen MR) is 114 cm³/mol. The molecule has 0 unspecified atom stereocenters. The maximum Gasteiger partial charge on any atom is 0.258 e. The van der Waals surface area contributed by atoms with E-state index in [0.29, 0.717) is 23.0 Å². The van der Waals surface area contributed by atoms with Crippen molar-refractivity contribution in [2.24, 2.45) is 4.99 Å². The molecular weight excluding hydrogens is 416 g/mol. The lowest BCUT2D eigenvalue weighted by molar-refractivity contribution is -0.115. The summed E-state index contributed by atoms with van der Waals surface area (Å²) in [6, 6.07) is 11.4. The van der Waals surface area contributed by atoms with Gasteiger partial charge in [0.25, 0.3) is 5.91 Å². The van der Waals surface area contributed by atoms with E-state index in [9.17, 15) is 4.79 Å². The SMILES string of the molecule is CCCn1c(=NC(=O)CSc2ccc(Cl)cc2)sc2cc3c(cc21)OCCO3. The number of ether oxygens (including phenoxy) is 2. The zero-order valence-corrected chi connectivity index (χ0v) is 17.7. The van der Waals surface area contributed by atoms with Crippen LogP contribution in [0.25, 0.3) is 10.2 Å². The van der Waals surface area contributed by atoms with Crippen molar-refractivity contribution < 1.29 is 14.3 Å². The molecule has 0 spiro atoms. The Balaban J connectivity index is 1.63. The van der Waals surface area contributed by atoms with Crippen LogP contribution in [0.3, 0.4) is 0 Å². The van der Waals surface area contributed by atoms with Crippen molar-refractivity contribution in [3.8, 4) is 11.5 Å². The van der Waals surface area contributed by atoms with Crippen LogP contribution in [0.5, 0.6) is 11.5 Å². The van der Waals surface area contributed by atoms with Crippen LogP contribution < -0.4 is 14.3 Å². The number of carbonyl (C=O) groups excluding carboxylic acids is 1. The molecule has 4 rings (SSSR count). The monoisotopic (exact) mass is 434 g/mol. The van der Waals surface area contributed by atoms with E-state index in [0.717, 1.165) is 39.6 Å². The van der Waals surface area contributed by atoms with Gasteiger partial charge in [-0.1, -0.05) is 29.9 Å². The fourth-order valence-corrected chi connectivity index (χ4v) is 4.84. The molecule has 0 saturated carbocycles. The Morgan fingerprint density at radius 2 is 1.93 bits per heavy atom. The Morgan fingerprint density at radius 1 is 1.21 bits per heavy atom. The Bertz CT molecular complexity index is 1070. The summed E-state index contributed by atoms with van der Waals surface area (Å²) >= 11 is 8.86. The highest BCUT2D eigenvalue weighted by Crippen LogP contribution is 2.35. The highest BCUT2D eigenvalue weighted by molar-refractivity contribution is 8.00. The first-order chi connectivity index (χ1) is 13.6. The summed E-state index contributed by atoms with van der Waals surface area (Å²) in [4.78, 5) is 18.6. The average Bonchev–Trinajstić information content (AvgIpc) is 3.02. The van der Waals surface area contributed by atoms with Crippen molar-refractivity contribution >= 4 is 50.8 Å². The van der Waals surface area contributed by atoms with Crippen LogP contribution in [0.2, 0.25) is 5.02 Å². The zero-order chi connectivity index (χ0) is 19.5. The van der Waals surface area contributed by atoms with E-state index < -0.39 is 0 Å². The second-order valence-electron chi connectivity index (χ2n) is 6.25. The largest absolute Gasteiger partial charge is 0.486 e. The quantitative estimate of drug-likeness (QED) is 0.543. The number of carbonyl (C=O) groups is 1. The molecule has 0 bridgehead atoms. The Kier molecular flexibility index (Phi) is 5.94. The van der Waals surface area contributed by atoms with Crippen LogP contribution in [0.4, 0.5) is 0 Å². The predicted octanol–water partition coefficient (Wildman–Crippen LogP) is 4.76. The number of aryl methyl sites for hydroxylation is 1. The molecule has 8 heteroatoms. The van der Waals surface area contributed by atoms with Crippen LogP contribution >= 0.6 is 34.7 Å². The van der Waals surface area contributed by atoms with Gasteiger partial charge in [-0.2, -0.15) is 4.99 Å². The van der Waals surface area contributed by atoms with E-state index in [2.05, 4.69) is 16.5 Å². The average molecular weight is 435 g/mol. The number of aromatic nitrogens is 1. The zero-order valence-electron chi connectivity index (χ0n) is 15.3. The number of halogens is 1. The molecule has 1 aromatic heterocycles. The first-order valence-corrected chi connectivity index (χ1v) is 11.2. The van der Waals surface area contributed by atoms with E-state index >= 15 is 0 Å². The van der Waals surface area contributed by atoms with Crippen molar-refractivity contribution in [2.45, 2.75) is 24.8 Å². The van der Waals surface area contributed by atoms with Crippen molar-refractivity contribution in [2.75, 3.05) is 19.0 Å². The number of fused-ring (bicyclic) bond motifs is 2. The smallest absolute Gasteiger partial charge is 0.258 e. The van der Waals surface area contributed by atoms with Gasteiger partial charge in [0.1, 0.15) is 13.2 Å². The van der Waals surface area contributed by atoms with Gasteiger partial charge in [0.2, 0.25) is 0 Å². The van der Waals surface area contributed by atoms with Crippen LogP contribution in [0.1, 0.15) is 13.3 Å². The lowest BCUT2D eigenvalue weighted by Gasteiger charge is -2.18. The fraction of sp³-hybridized carbons (Fsp3) is 0.300. The number of amides is 1. The molecule has 146 valence electrons. The minimum Gasteiger partial charge on any atom is -0.486 e. The molecule has 5 nitrogen and oxygen atoms in total. The molecule has 0 radical (unpaired) electrons. The Labute approximate surface area is 175 Å². The van der Waals surface area contributed by atoms with Gasteiger partial charge in [0.15, 0.2) is 16.3 Å². The molecule has 0 N–H and O–H groups in total. The van der Waals surface area contributed by atoms with Gasteiger partial charge in [0.05, 0.1) is 16.0 Å². The number of thiazole rings is 1.